The predicted octanol–water partition coefficient (Wildman–Crippen LogP) is 2.17. The molecule has 0 radical (unpaired) electrons. The smallest absolute Gasteiger partial charge is 0.168 e. The molecule has 0 saturated carbocycles. The SMILES string of the molecule is Cl.O=Cc1ccc2cccc(O)c2n1. The van der Waals surface area contributed by atoms with Crippen molar-refractivity contribution in [3.05, 3.63) is 36.0 Å². The molecule has 0 unspecified atom stereocenters. The Hall–Kier alpha value is -1.61. The van der Waals surface area contributed by atoms with Crippen molar-refractivity contribution in [3.8, 4) is 5.75 Å². The fraction of sp³-hybridized carbons (Fsp3) is 0. The number of carbonyl (C=O) groups is 1. The summed E-state index contributed by atoms with van der Waals surface area (Å²) in [5.74, 6) is 0.0983. The number of carbonyl (C=O) groups excluding carboxylic acids is 1. The zero-order valence-electron chi connectivity index (χ0n) is 7.18. The van der Waals surface area contributed by atoms with Gasteiger partial charge in [0.1, 0.15) is 17.0 Å². The van der Waals surface area contributed by atoms with E-state index in [1.165, 1.54) is 0 Å². The molecule has 0 atom stereocenters. The molecule has 2 aromatic rings. The minimum Gasteiger partial charge on any atom is -0.506 e. The average molecular weight is 210 g/mol. The summed E-state index contributed by atoms with van der Waals surface area (Å²) in [6.45, 7) is 0. The van der Waals surface area contributed by atoms with E-state index in [1.54, 1.807) is 24.3 Å². The molecule has 3 nitrogen and oxygen atoms in total. The van der Waals surface area contributed by atoms with Gasteiger partial charge in [-0.05, 0) is 12.1 Å². The van der Waals surface area contributed by atoms with E-state index in [2.05, 4.69) is 4.98 Å². The maximum Gasteiger partial charge on any atom is 0.168 e. The molecular formula is C10H8ClNO2. The molecule has 0 saturated heterocycles. The normalized spacial score (nSPS) is 9.43. The van der Waals surface area contributed by atoms with Crippen molar-refractivity contribution in [1.82, 2.24) is 4.98 Å². The van der Waals surface area contributed by atoms with Gasteiger partial charge in [-0.3, -0.25) is 4.79 Å². The summed E-state index contributed by atoms with van der Waals surface area (Å²) >= 11 is 0. The maximum absolute atomic E-state index is 10.4. The fourth-order valence-electron chi connectivity index (χ4n) is 1.21. The second-order valence-corrected chi connectivity index (χ2v) is 2.70. The van der Waals surface area contributed by atoms with Crippen LogP contribution in [0.4, 0.5) is 0 Å². The molecule has 0 amide bonds. The molecule has 0 spiro atoms. The Morgan fingerprint density at radius 3 is 2.71 bits per heavy atom. The molecule has 4 heteroatoms. The molecular weight excluding hydrogens is 202 g/mol. The summed E-state index contributed by atoms with van der Waals surface area (Å²) in [4.78, 5) is 14.4. The molecule has 1 heterocycles. The number of phenolic OH excluding ortho intramolecular Hbond substituents is 1. The summed E-state index contributed by atoms with van der Waals surface area (Å²) in [6.07, 6.45) is 0.659. The number of aldehydes is 1. The van der Waals surface area contributed by atoms with Gasteiger partial charge in [0.2, 0.25) is 0 Å². The van der Waals surface area contributed by atoms with Gasteiger partial charge < -0.3 is 5.11 Å². The first-order valence-corrected chi connectivity index (χ1v) is 3.85. The number of pyridine rings is 1. The third-order valence-corrected chi connectivity index (χ3v) is 1.84. The van der Waals surface area contributed by atoms with Crippen LogP contribution in [0.25, 0.3) is 10.9 Å². The van der Waals surface area contributed by atoms with Crippen LogP contribution in [0.1, 0.15) is 10.5 Å². The molecule has 1 aromatic heterocycles. The predicted molar refractivity (Wildman–Crippen MR) is 56.0 cm³/mol. The average Bonchev–Trinajstić information content (AvgIpc) is 2.18. The number of halogens is 1. The Labute approximate surface area is 86.8 Å². The third kappa shape index (κ3) is 1.67. The van der Waals surface area contributed by atoms with Crippen LogP contribution in [0, 0.1) is 0 Å². The fourth-order valence-corrected chi connectivity index (χ4v) is 1.21. The van der Waals surface area contributed by atoms with Crippen LogP contribution in [0.3, 0.4) is 0 Å². The Bertz CT molecular complexity index is 471. The van der Waals surface area contributed by atoms with E-state index < -0.39 is 0 Å². The zero-order chi connectivity index (χ0) is 9.26. The molecule has 1 aromatic carbocycles. The lowest BCUT2D eigenvalue weighted by molar-refractivity contribution is 0.111. The van der Waals surface area contributed by atoms with E-state index in [0.717, 1.165) is 5.39 Å². The zero-order valence-corrected chi connectivity index (χ0v) is 7.99. The van der Waals surface area contributed by atoms with Crippen molar-refractivity contribution in [2.75, 3.05) is 0 Å². The molecule has 0 aliphatic carbocycles. The summed E-state index contributed by atoms with van der Waals surface area (Å²) in [6, 6.07) is 8.49. The van der Waals surface area contributed by atoms with Gasteiger partial charge in [-0.1, -0.05) is 18.2 Å². The van der Waals surface area contributed by atoms with E-state index >= 15 is 0 Å². The number of para-hydroxylation sites is 1. The number of benzene rings is 1. The highest BCUT2D eigenvalue weighted by atomic mass is 35.5. The standard InChI is InChI=1S/C10H7NO2.ClH/c12-6-8-5-4-7-2-1-3-9(13)10(7)11-8;/h1-6,13H;1H. The summed E-state index contributed by atoms with van der Waals surface area (Å²) in [5.41, 5.74) is 0.793. The van der Waals surface area contributed by atoms with Gasteiger partial charge >= 0.3 is 0 Å². The molecule has 14 heavy (non-hydrogen) atoms. The van der Waals surface area contributed by atoms with Gasteiger partial charge in [0.25, 0.3) is 0 Å². The van der Waals surface area contributed by atoms with Gasteiger partial charge in [-0.2, -0.15) is 0 Å². The molecule has 0 bridgehead atoms. The van der Waals surface area contributed by atoms with Crippen molar-refractivity contribution in [2.45, 2.75) is 0 Å². The summed E-state index contributed by atoms with van der Waals surface area (Å²) in [5, 5.41) is 10.2. The second kappa shape index (κ2) is 4.07. The molecule has 2 rings (SSSR count). The summed E-state index contributed by atoms with van der Waals surface area (Å²) in [7, 11) is 0. The van der Waals surface area contributed by atoms with Crippen LogP contribution < -0.4 is 0 Å². The summed E-state index contributed by atoms with van der Waals surface area (Å²) < 4.78 is 0. The minimum atomic E-state index is 0. The number of hydrogen-bond acceptors (Lipinski definition) is 3. The number of rotatable bonds is 1. The van der Waals surface area contributed by atoms with Crippen molar-refractivity contribution in [2.24, 2.45) is 0 Å². The van der Waals surface area contributed by atoms with E-state index in [1.807, 2.05) is 6.07 Å². The number of nitrogens with zero attached hydrogens (tertiary/aromatic N) is 1. The van der Waals surface area contributed by atoms with Crippen molar-refractivity contribution >= 4 is 29.6 Å². The highest BCUT2D eigenvalue weighted by Crippen LogP contribution is 2.21. The van der Waals surface area contributed by atoms with Crippen molar-refractivity contribution in [1.29, 1.82) is 0 Å². The Morgan fingerprint density at radius 2 is 2.00 bits per heavy atom. The van der Waals surface area contributed by atoms with Crippen LogP contribution in [0.2, 0.25) is 0 Å². The molecule has 0 aliphatic rings. The number of hydrogen-bond donors (Lipinski definition) is 1. The van der Waals surface area contributed by atoms with Gasteiger partial charge in [0, 0.05) is 5.39 Å². The van der Waals surface area contributed by atoms with Crippen molar-refractivity contribution < 1.29 is 9.90 Å². The van der Waals surface area contributed by atoms with E-state index in [4.69, 9.17) is 0 Å². The van der Waals surface area contributed by atoms with Crippen LogP contribution in [-0.2, 0) is 0 Å². The van der Waals surface area contributed by atoms with Crippen LogP contribution in [-0.4, -0.2) is 16.4 Å². The number of phenols is 1. The molecule has 0 fully saturated rings. The van der Waals surface area contributed by atoms with Gasteiger partial charge in [0.05, 0.1) is 0 Å². The van der Waals surface area contributed by atoms with E-state index in [-0.39, 0.29) is 18.2 Å². The van der Waals surface area contributed by atoms with Crippen LogP contribution in [0.15, 0.2) is 30.3 Å². The Morgan fingerprint density at radius 1 is 1.21 bits per heavy atom. The third-order valence-electron chi connectivity index (χ3n) is 1.84. The molecule has 0 aliphatic heterocycles. The maximum atomic E-state index is 10.4. The monoisotopic (exact) mass is 209 g/mol. The topological polar surface area (TPSA) is 50.2 Å². The van der Waals surface area contributed by atoms with Gasteiger partial charge in [-0.25, -0.2) is 4.98 Å². The lowest BCUT2D eigenvalue weighted by Gasteiger charge is -1.99. The second-order valence-electron chi connectivity index (χ2n) is 2.70. The molecule has 1 N–H and O–H groups in total. The van der Waals surface area contributed by atoms with E-state index in [0.29, 0.717) is 17.5 Å². The first-order valence-electron chi connectivity index (χ1n) is 3.85. The first-order chi connectivity index (χ1) is 6.31. The van der Waals surface area contributed by atoms with Crippen molar-refractivity contribution in [3.63, 3.8) is 0 Å². The number of fused-ring (bicyclic) bond motifs is 1. The van der Waals surface area contributed by atoms with Crippen LogP contribution in [0.5, 0.6) is 5.75 Å². The highest BCUT2D eigenvalue weighted by molar-refractivity contribution is 5.87. The van der Waals surface area contributed by atoms with Crippen LogP contribution >= 0.6 is 12.4 Å². The highest BCUT2D eigenvalue weighted by Gasteiger charge is 2.00. The quantitative estimate of drug-likeness (QED) is 0.733. The van der Waals surface area contributed by atoms with Gasteiger partial charge in [-0.15, -0.1) is 12.4 Å². The Kier molecular flexibility index (Phi) is 3.04. The number of aromatic nitrogens is 1. The Balaban J connectivity index is 0.000000980. The lowest BCUT2D eigenvalue weighted by Crippen LogP contribution is -1.87. The minimum absolute atomic E-state index is 0. The van der Waals surface area contributed by atoms with E-state index in [9.17, 15) is 9.90 Å². The van der Waals surface area contributed by atoms with Gasteiger partial charge in [0.15, 0.2) is 6.29 Å². The number of aromatic hydroxyl groups is 1. The first kappa shape index (κ1) is 10.5. The largest absolute Gasteiger partial charge is 0.506 e. The molecule has 72 valence electrons. The lowest BCUT2D eigenvalue weighted by atomic mass is 10.2.